The first kappa shape index (κ1) is 16.4. The first-order valence-electron chi connectivity index (χ1n) is 6.94. The van der Waals surface area contributed by atoms with Crippen LogP contribution in [0.2, 0.25) is 0 Å². The molecule has 0 spiro atoms. The molecule has 1 aromatic rings. The van der Waals surface area contributed by atoms with E-state index in [1.54, 1.807) is 7.05 Å². The van der Waals surface area contributed by atoms with Crippen molar-refractivity contribution in [2.24, 2.45) is 0 Å². The molecule has 0 fully saturated rings. The number of hydrogen-bond acceptors (Lipinski definition) is 5. The third kappa shape index (κ3) is 4.20. The number of hydrazine groups is 1. The molecule has 20 heavy (non-hydrogen) atoms. The zero-order chi connectivity index (χ0) is 14.8. The molecule has 3 N–H and O–H groups in total. The Balaban J connectivity index is 2.97. The van der Waals surface area contributed by atoms with Gasteiger partial charge in [0.25, 0.3) is 0 Å². The van der Waals surface area contributed by atoms with Gasteiger partial charge in [0.15, 0.2) is 0 Å². The second kappa shape index (κ2) is 8.54. The SMILES string of the molecule is CCC[C@@H](Oc1ccccc1)C(CC#N)(NC)NNC. The fraction of sp³-hybridized carbons (Fsp3) is 0.533. The number of nitriles is 1. The highest BCUT2D eigenvalue weighted by molar-refractivity contribution is 5.22. The molecule has 110 valence electrons. The van der Waals surface area contributed by atoms with E-state index in [9.17, 15) is 0 Å². The molecule has 2 atom stereocenters. The van der Waals surface area contributed by atoms with Crippen molar-refractivity contribution < 1.29 is 4.74 Å². The molecule has 0 aliphatic heterocycles. The largest absolute Gasteiger partial charge is 0.487 e. The Hall–Kier alpha value is -1.61. The van der Waals surface area contributed by atoms with Crippen LogP contribution in [0.4, 0.5) is 0 Å². The minimum absolute atomic E-state index is 0.160. The predicted molar refractivity (Wildman–Crippen MR) is 80.0 cm³/mol. The van der Waals surface area contributed by atoms with Crippen molar-refractivity contribution in [2.75, 3.05) is 14.1 Å². The van der Waals surface area contributed by atoms with Gasteiger partial charge in [-0.1, -0.05) is 31.5 Å². The summed E-state index contributed by atoms with van der Waals surface area (Å²) in [5.74, 6) is 0.807. The monoisotopic (exact) mass is 276 g/mol. The van der Waals surface area contributed by atoms with Crippen molar-refractivity contribution >= 4 is 0 Å². The molecule has 1 rings (SSSR count). The number of ether oxygens (including phenoxy) is 1. The van der Waals surface area contributed by atoms with E-state index in [0.717, 1.165) is 18.6 Å². The van der Waals surface area contributed by atoms with Crippen molar-refractivity contribution in [3.05, 3.63) is 30.3 Å². The highest BCUT2D eigenvalue weighted by atomic mass is 16.5. The van der Waals surface area contributed by atoms with Gasteiger partial charge >= 0.3 is 0 Å². The molecule has 0 amide bonds. The van der Waals surface area contributed by atoms with Crippen molar-refractivity contribution in [1.82, 2.24) is 16.2 Å². The minimum Gasteiger partial charge on any atom is -0.487 e. The van der Waals surface area contributed by atoms with Gasteiger partial charge in [-0.3, -0.25) is 10.7 Å². The zero-order valence-electron chi connectivity index (χ0n) is 12.4. The molecule has 0 aliphatic carbocycles. The molecule has 1 unspecified atom stereocenters. The summed E-state index contributed by atoms with van der Waals surface area (Å²) in [5, 5.41) is 12.3. The Morgan fingerprint density at radius 1 is 1.30 bits per heavy atom. The fourth-order valence-electron chi connectivity index (χ4n) is 2.23. The van der Waals surface area contributed by atoms with Gasteiger partial charge in [0, 0.05) is 0 Å². The van der Waals surface area contributed by atoms with Gasteiger partial charge in [0.05, 0.1) is 12.5 Å². The summed E-state index contributed by atoms with van der Waals surface area (Å²) in [6, 6.07) is 11.9. The fourth-order valence-corrected chi connectivity index (χ4v) is 2.23. The quantitative estimate of drug-likeness (QED) is 0.474. The van der Waals surface area contributed by atoms with Crippen molar-refractivity contribution in [3.8, 4) is 11.8 Å². The Morgan fingerprint density at radius 2 is 2.00 bits per heavy atom. The summed E-state index contributed by atoms with van der Waals surface area (Å²) >= 11 is 0. The Kier molecular flexibility index (Phi) is 7.02. The van der Waals surface area contributed by atoms with Gasteiger partial charge < -0.3 is 4.74 Å². The molecule has 1 aromatic carbocycles. The Bertz CT molecular complexity index is 418. The summed E-state index contributed by atoms with van der Waals surface area (Å²) in [4.78, 5) is 0. The summed E-state index contributed by atoms with van der Waals surface area (Å²) in [7, 11) is 3.62. The van der Waals surface area contributed by atoms with E-state index in [1.807, 2.05) is 37.4 Å². The topological polar surface area (TPSA) is 69.1 Å². The standard InChI is InChI=1S/C15H24N4O/c1-4-8-14(20-13-9-6-5-7-10-13)15(17-2,11-12-16)19-18-3/h5-7,9-10,14,17-19H,4,8,11H2,1-3H3/t14-,15?/m1/s1. The third-order valence-electron chi connectivity index (χ3n) is 3.27. The molecule has 0 aliphatic rings. The molecule has 5 heteroatoms. The summed E-state index contributed by atoms with van der Waals surface area (Å²) < 4.78 is 6.10. The van der Waals surface area contributed by atoms with E-state index in [2.05, 4.69) is 29.2 Å². The number of nitrogens with one attached hydrogen (secondary N) is 3. The third-order valence-corrected chi connectivity index (χ3v) is 3.27. The molecule has 5 nitrogen and oxygen atoms in total. The first-order chi connectivity index (χ1) is 9.72. The number of benzene rings is 1. The lowest BCUT2D eigenvalue weighted by molar-refractivity contribution is 0.0475. The normalized spacial score (nSPS) is 15.1. The lowest BCUT2D eigenvalue weighted by Crippen LogP contribution is -2.67. The molecular weight excluding hydrogens is 252 g/mol. The summed E-state index contributed by atoms with van der Waals surface area (Å²) in [5.41, 5.74) is 5.44. The average molecular weight is 276 g/mol. The molecule has 0 heterocycles. The van der Waals surface area contributed by atoms with Crippen LogP contribution in [0.1, 0.15) is 26.2 Å². The number of likely N-dealkylation sites (N-methyl/N-ethyl adjacent to an activating group) is 1. The Labute approximate surface area is 121 Å². The second-order valence-corrected chi connectivity index (χ2v) is 4.64. The molecule has 0 saturated carbocycles. The molecular formula is C15H24N4O. The van der Waals surface area contributed by atoms with Crippen molar-refractivity contribution in [2.45, 2.75) is 38.0 Å². The van der Waals surface area contributed by atoms with Gasteiger partial charge in [-0.25, -0.2) is 5.43 Å². The predicted octanol–water partition coefficient (Wildman–Crippen LogP) is 1.79. The number of para-hydroxylation sites is 1. The van der Waals surface area contributed by atoms with E-state index in [-0.39, 0.29) is 6.10 Å². The van der Waals surface area contributed by atoms with Crippen molar-refractivity contribution in [3.63, 3.8) is 0 Å². The van der Waals surface area contributed by atoms with E-state index in [4.69, 9.17) is 10.00 Å². The summed E-state index contributed by atoms with van der Waals surface area (Å²) in [6.07, 6.45) is 1.94. The van der Waals surface area contributed by atoms with Crippen molar-refractivity contribution in [1.29, 1.82) is 5.26 Å². The van der Waals surface area contributed by atoms with Crippen LogP contribution in [0, 0.1) is 11.3 Å². The molecule has 0 radical (unpaired) electrons. The number of hydrogen-bond donors (Lipinski definition) is 3. The van der Waals surface area contributed by atoms with Crippen LogP contribution in [0.25, 0.3) is 0 Å². The van der Waals surface area contributed by atoms with Gasteiger partial charge in [-0.15, -0.1) is 0 Å². The van der Waals surface area contributed by atoms with Gasteiger partial charge in [-0.2, -0.15) is 5.26 Å². The molecule has 0 aromatic heterocycles. The number of nitrogens with zero attached hydrogens (tertiary/aromatic N) is 1. The maximum atomic E-state index is 9.13. The van der Waals surface area contributed by atoms with Gasteiger partial charge in [-0.05, 0) is 32.6 Å². The van der Waals surface area contributed by atoms with Crippen LogP contribution in [0.3, 0.4) is 0 Å². The van der Waals surface area contributed by atoms with Crippen LogP contribution in [0.15, 0.2) is 30.3 Å². The molecule has 0 saturated heterocycles. The van der Waals surface area contributed by atoms with Crippen LogP contribution >= 0.6 is 0 Å². The van der Waals surface area contributed by atoms with E-state index >= 15 is 0 Å². The van der Waals surface area contributed by atoms with Crippen LogP contribution < -0.4 is 20.9 Å². The van der Waals surface area contributed by atoms with Gasteiger partial charge in [0.1, 0.15) is 17.5 Å². The van der Waals surface area contributed by atoms with Crippen LogP contribution in [0.5, 0.6) is 5.75 Å². The average Bonchev–Trinajstić information content (AvgIpc) is 2.47. The maximum Gasteiger partial charge on any atom is 0.132 e. The maximum absolute atomic E-state index is 9.13. The minimum atomic E-state index is -0.630. The van der Waals surface area contributed by atoms with E-state index in [0.29, 0.717) is 6.42 Å². The van der Waals surface area contributed by atoms with E-state index < -0.39 is 5.66 Å². The molecule has 0 bridgehead atoms. The Morgan fingerprint density at radius 3 is 2.50 bits per heavy atom. The summed E-state index contributed by atoms with van der Waals surface area (Å²) in [6.45, 7) is 2.10. The van der Waals surface area contributed by atoms with Gasteiger partial charge in [0.2, 0.25) is 0 Å². The van der Waals surface area contributed by atoms with E-state index in [1.165, 1.54) is 0 Å². The van der Waals surface area contributed by atoms with Crippen LogP contribution in [-0.4, -0.2) is 25.9 Å². The highest BCUT2D eigenvalue weighted by Crippen LogP contribution is 2.22. The lowest BCUT2D eigenvalue weighted by Gasteiger charge is -2.39. The smallest absolute Gasteiger partial charge is 0.132 e. The lowest BCUT2D eigenvalue weighted by atomic mass is 9.96. The van der Waals surface area contributed by atoms with Crippen LogP contribution in [-0.2, 0) is 0 Å². The first-order valence-corrected chi connectivity index (χ1v) is 6.94. The highest BCUT2D eigenvalue weighted by Gasteiger charge is 2.38. The zero-order valence-corrected chi connectivity index (χ0v) is 12.4. The number of rotatable bonds is 9. The second-order valence-electron chi connectivity index (χ2n) is 4.64.